The third kappa shape index (κ3) is 5.97. The zero-order chi connectivity index (χ0) is 11.3. The van der Waals surface area contributed by atoms with E-state index in [4.69, 9.17) is 4.42 Å². The predicted molar refractivity (Wildman–Crippen MR) is 65.9 cm³/mol. The highest BCUT2D eigenvalue weighted by atomic mass is 79.9. The van der Waals surface area contributed by atoms with E-state index in [9.17, 15) is 0 Å². The Morgan fingerprint density at radius 2 is 2.00 bits per heavy atom. The second kappa shape index (κ2) is 5.68. The van der Waals surface area contributed by atoms with Crippen LogP contribution in [0.4, 0.5) is 0 Å². The lowest BCUT2D eigenvalue weighted by molar-refractivity contribution is 0.413. The first-order valence-corrected chi connectivity index (χ1v) is 5.97. The molecule has 15 heavy (non-hydrogen) atoms. The number of rotatable bonds is 5. The minimum atomic E-state index is 0.190. The average Bonchev–Trinajstić information content (AvgIpc) is 2.49. The molecular formula is C11H19BrN2O. The third-order valence-electron chi connectivity index (χ3n) is 1.89. The molecule has 0 aromatic carbocycles. The van der Waals surface area contributed by atoms with Gasteiger partial charge in [0.1, 0.15) is 5.76 Å². The summed E-state index contributed by atoms with van der Waals surface area (Å²) in [7, 11) is 0. The van der Waals surface area contributed by atoms with Gasteiger partial charge in [0, 0.05) is 18.6 Å². The summed E-state index contributed by atoms with van der Waals surface area (Å²) < 4.78 is 6.15. The Bertz CT molecular complexity index is 291. The molecule has 4 heteroatoms. The van der Waals surface area contributed by atoms with Gasteiger partial charge in [-0.25, -0.2) is 0 Å². The topological polar surface area (TPSA) is 37.2 Å². The summed E-state index contributed by atoms with van der Waals surface area (Å²) >= 11 is 3.27. The smallest absolute Gasteiger partial charge is 0.169 e. The van der Waals surface area contributed by atoms with Crippen LogP contribution in [0.3, 0.4) is 0 Å². The Morgan fingerprint density at radius 3 is 2.53 bits per heavy atom. The van der Waals surface area contributed by atoms with E-state index in [0.717, 1.165) is 30.1 Å². The van der Waals surface area contributed by atoms with Crippen molar-refractivity contribution in [1.82, 2.24) is 10.6 Å². The second-order valence-electron chi connectivity index (χ2n) is 4.56. The molecular weight excluding hydrogens is 256 g/mol. The van der Waals surface area contributed by atoms with Gasteiger partial charge in [-0.05, 0) is 48.8 Å². The summed E-state index contributed by atoms with van der Waals surface area (Å²) in [6.07, 6.45) is 0. The van der Waals surface area contributed by atoms with Gasteiger partial charge in [-0.15, -0.1) is 0 Å². The van der Waals surface area contributed by atoms with Crippen LogP contribution in [0.1, 0.15) is 26.5 Å². The van der Waals surface area contributed by atoms with Crippen molar-refractivity contribution in [3.05, 3.63) is 22.6 Å². The van der Waals surface area contributed by atoms with E-state index in [1.54, 1.807) is 0 Å². The van der Waals surface area contributed by atoms with Crippen molar-refractivity contribution in [1.29, 1.82) is 0 Å². The maximum atomic E-state index is 5.36. The Balaban J connectivity index is 2.07. The fraction of sp³-hybridized carbons (Fsp3) is 0.636. The molecule has 86 valence electrons. The number of halogens is 1. The van der Waals surface area contributed by atoms with Gasteiger partial charge < -0.3 is 15.1 Å². The molecule has 0 unspecified atom stereocenters. The Kier molecular flexibility index (Phi) is 4.83. The molecule has 0 fully saturated rings. The van der Waals surface area contributed by atoms with Gasteiger partial charge in [0.15, 0.2) is 4.67 Å². The molecule has 1 aromatic rings. The van der Waals surface area contributed by atoms with Gasteiger partial charge in [0.25, 0.3) is 0 Å². The van der Waals surface area contributed by atoms with Gasteiger partial charge in [0.2, 0.25) is 0 Å². The van der Waals surface area contributed by atoms with Crippen molar-refractivity contribution in [2.24, 2.45) is 0 Å². The minimum absolute atomic E-state index is 0.190. The summed E-state index contributed by atoms with van der Waals surface area (Å²) in [5.41, 5.74) is 0.190. The van der Waals surface area contributed by atoms with Gasteiger partial charge in [-0.2, -0.15) is 0 Å². The average molecular weight is 275 g/mol. The molecule has 0 amide bonds. The first-order valence-electron chi connectivity index (χ1n) is 5.17. The van der Waals surface area contributed by atoms with Crippen LogP contribution in [-0.4, -0.2) is 18.6 Å². The second-order valence-corrected chi connectivity index (χ2v) is 5.34. The van der Waals surface area contributed by atoms with Gasteiger partial charge in [-0.3, -0.25) is 0 Å². The number of nitrogens with one attached hydrogen (secondary N) is 2. The van der Waals surface area contributed by atoms with Crippen LogP contribution in [0.25, 0.3) is 0 Å². The molecule has 3 nitrogen and oxygen atoms in total. The standard InChI is InChI=1S/C11H19BrN2O/c1-11(2,3)14-7-6-13-8-9-4-5-10(12)15-9/h4-5,13-14H,6-8H2,1-3H3. The normalized spacial score (nSPS) is 12.0. The fourth-order valence-corrected chi connectivity index (χ4v) is 1.52. The number of furan rings is 1. The van der Waals surface area contributed by atoms with Crippen LogP contribution in [0.15, 0.2) is 21.2 Å². The van der Waals surface area contributed by atoms with Crippen molar-refractivity contribution in [2.75, 3.05) is 13.1 Å². The lowest BCUT2D eigenvalue weighted by Crippen LogP contribution is -2.40. The molecule has 0 saturated carbocycles. The molecule has 0 bridgehead atoms. The lowest BCUT2D eigenvalue weighted by Gasteiger charge is -2.20. The van der Waals surface area contributed by atoms with E-state index in [1.165, 1.54) is 0 Å². The first kappa shape index (κ1) is 12.7. The maximum absolute atomic E-state index is 5.36. The van der Waals surface area contributed by atoms with Crippen molar-refractivity contribution >= 4 is 15.9 Å². The molecule has 0 aliphatic carbocycles. The molecule has 0 saturated heterocycles. The molecule has 1 rings (SSSR count). The summed E-state index contributed by atoms with van der Waals surface area (Å²) in [6.45, 7) is 9.17. The summed E-state index contributed by atoms with van der Waals surface area (Å²) in [5.74, 6) is 0.956. The van der Waals surface area contributed by atoms with E-state index in [2.05, 4.69) is 47.3 Å². The fourth-order valence-electron chi connectivity index (χ4n) is 1.18. The molecule has 0 aliphatic rings. The molecule has 0 atom stereocenters. The van der Waals surface area contributed by atoms with Crippen LogP contribution < -0.4 is 10.6 Å². The quantitative estimate of drug-likeness (QED) is 0.811. The van der Waals surface area contributed by atoms with Crippen LogP contribution in [0.2, 0.25) is 0 Å². The van der Waals surface area contributed by atoms with Crippen molar-refractivity contribution in [2.45, 2.75) is 32.9 Å². The number of hydrogen-bond acceptors (Lipinski definition) is 3. The predicted octanol–water partition coefficient (Wildman–Crippen LogP) is 2.52. The van der Waals surface area contributed by atoms with E-state index in [-0.39, 0.29) is 5.54 Å². The monoisotopic (exact) mass is 274 g/mol. The van der Waals surface area contributed by atoms with E-state index >= 15 is 0 Å². The highest BCUT2D eigenvalue weighted by Gasteiger charge is 2.06. The Labute approximate surface area is 99.7 Å². The molecule has 0 spiro atoms. The summed E-state index contributed by atoms with van der Waals surface area (Å²) in [5, 5.41) is 6.72. The highest BCUT2D eigenvalue weighted by molar-refractivity contribution is 9.10. The largest absolute Gasteiger partial charge is 0.453 e. The molecule has 1 heterocycles. The van der Waals surface area contributed by atoms with Gasteiger partial charge >= 0.3 is 0 Å². The lowest BCUT2D eigenvalue weighted by atomic mass is 10.1. The zero-order valence-electron chi connectivity index (χ0n) is 9.56. The van der Waals surface area contributed by atoms with Crippen molar-refractivity contribution < 1.29 is 4.42 Å². The van der Waals surface area contributed by atoms with Crippen LogP contribution in [-0.2, 0) is 6.54 Å². The van der Waals surface area contributed by atoms with E-state index < -0.39 is 0 Å². The third-order valence-corrected chi connectivity index (χ3v) is 2.31. The highest BCUT2D eigenvalue weighted by Crippen LogP contribution is 2.13. The zero-order valence-corrected chi connectivity index (χ0v) is 11.1. The van der Waals surface area contributed by atoms with Crippen LogP contribution >= 0.6 is 15.9 Å². The Hall–Kier alpha value is -0.320. The van der Waals surface area contributed by atoms with Crippen molar-refractivity contribution in [3.8, 4) is 0 Å². The van der Waals surface area contributed by atoms with E-state index in [1.807, 2.05) is 12.1 Å². The SMILES string of the molecule is CC(C)(C)NCCNCc1ccc(Br)o1. The van der Waals surface area contributed by atoms with Crippen LogP contribution in [0, 0.1) is 0 Å². The maximum Gasteiger partial charge on any atom is 0.169 e. The van der Waals surface area contributed by atoms with Gasteiger partial charge in [0.05, 0.1) is 6.54 Å². The van der Waals surface area contributed by atoms with E-state index in [0.29, 0.717) is 0 Å². The Morgan fingerprint density at radius 1 is 1.27 bits per heavy atom. The van der Waals surface area contributed by atoms with Crippen molar-refractivity contribution in [3.63, 3.8) is 0 Å². The first-order chi connectivity index (χ1) is 6.97. The number of hydrogen-bond donors (Lipinski definition) is 2. The summed E-state index contributed by atoms with van der Waals surface area (Å²) in [6, 6.07) is 3.87. The van der Waals surface area contributed by atoms with Crippen LogP contribution in [0.5, 0.6) is 0 Å². The minimum Gasteiger partial charge on any atom is -0.453 e. The molecule has 2 N–H and O–H groups in total. The summed E-state index contributed by atoms with van der Waals surface area (Å²) in [4.78, 5) is 0. The molecule has 1 aromatic heterocycles. The molecule has 0 aliphatic heterocycles. The molecule has 0 radical (unpaired) electrons. The van der Waals surface area contributed by atoms with Gasteiger partial charge in [-0.1, -0.05) is 0 Å².